The molecule has 0 aliphatic carbocycles. The van der Waals surface area contributed by atoms with E-state index < -0.39 is 0 Å². The molecule has 0 aromatic heterocycles. The number of anilines is 4. The number of hydrogen-bond acceptors (Lipinski definition) is 6. The van der Waals surface area contributed by atoms with Crippen LogP contribution in [-0.4, -0.2) is 51.4 Å². The minimum atomic E-state index is -0.307. The Morgan fingerprint density at radius 1 is 1.03 bits per heavy atom. The Labute approximate surface area is 217 Å². The van der Waals surface area contributed by atoms with E-state index in [1.807, 2.05) is 43.3 Å². The average Bonchev–Trinajstić information content (AvgIpc) is 2.91. The van der Waals surface area contributed by atoms with E-state index in [-0.39, 0.29) is 17.8 Å². The Hall–Kier alpha value is -3.62. The summed E-state index contributed by atoms with van der Waals surface area (Å²) in [6.45, 7) is 6.55. The van der Waals surface area contributed by atoms with Gasteiger partial charge in [0.05, 0.1) is 13.2 Å². The Morgan fingerprint density at radius 3 is 2.65 bits per heavy atom. The maximum absolute atomic E-state index is 14.4. The molecule has 194 valence electrons. The molecule has 5 rings (SSSR count). The summed E-state index contributed by atoms with van der Waals surface area (Å²) in [6, 6.07) is 17.9. The van der Waals surface area contributed by atoms with Crippen molar-refractivity contribution in [3.05, 3.63) is 77.6 Å². The zero-order valence-corrected chi connectivity index (χ0v) is 21.1. The summed E-state index contributed by atoms with van der Waals surface area (Å²) in [6.07, 6.45) is 2.07. The minimum absolute atomic E-state index is 0.163. The number of rotatable bonds is 7. The number of carbonyl (C=O) groups is 1. The number of amides is 1. The van der Waals surface area contributed by atoms with Crippen molar-refractivity contribution in [2.45, 2.75) is 25.9 Å². The van der Waals surface area contributed by atoms with Gasteiger partial charge in [0.2, 0.25) is 0 Å². The van der Waals surface area contributed by atoms with Crippen molar-refractivity contribution in [2.75, 3.05) is 54.9 Å². The monoisotopic (exact) mass is 504 g/mol. The van der Waals surface area contributed by atoms with Crippen LogP contribution in [0.3, 0.4) is 0 Å². The molecule has 37 heavy (non-hydrogen) atoms. The molecular weight excluding hydrogens is 471 g/mol. The lowest BCUT2D eigenvalue weighted by Crippen LogP contribution is -2.36. The number of hydrogen-bond donors (Lipinski definition) is 3. The van der Waals surface area contributed by atoms with Crippen molar-refractivity contribution in [3.8, 4) is 5.75 Å². The Bertz CT molecular complexity index is 1240. The molecule has 2 fully saturated rings. The number of nitrogens with zero attached hydrogens (tertiary/aromatic N) is 1. The first kappa shape index (κ1) is 25.0. The average molecular weight is 505 g/mol. The minimum Gasteiger partial charge on any atom is -0.490 e. The highest BCUT2D eigenvalue weighted by Gasteiger charge is 2.16. The molecule has 0 radical (unpaired) electrons. The number of ether oxygens (including phenoxy) is 2. The van der Waals surface area contributed by atoms with Crippen molar-refractivity contribution < 1.29 is 18.7 Å². The van der Waals surface area contributed by atoms with Crippen molar-refractivity contribution in [2.24, 2.45) is 0 Å². The largest absolute Gasteiger partial charge is 0.490 e. The van der Waals surface area contributed by atoms with Crippen LogP contribution in [0.4, 0.5) is 27.1 Å². The first-order chi connectivity index (χ1) is 18.0. The molecule has 0 spiro atoms. The maximum atomic E-state index is 14.4. The predicted octanol–water partition coefficient (Wildman–Crippen LogP) is 5.10. The van der Waals surface area contributed by atoms with Crippen LogP contribution in [-0.2, 0) is 4.74 Å². The summed E-state index contributed by atoms with van der Waals surface area (Å²) in [5.41, 5.74) is 4.36. The van der Waals surface area contributed by atoms with Gasteiger partial charge in [0.15, 0.2) is 0 Å². The van der Waals surface area contributed by atoms with E-state index in [0.717, 1.165) is 56.0 Å². The molecule has 1 amide bonds. The number of benzene rings is 3. The molecule has 0 bridgehead atoms. The van der Waals surface area contributed by atoms with E-state index in [0.29, 0.717) is 35.9 Å². The van der Waals surface area contributed by atoms with Crippen LogP contribution in [0.2, 0.25) is 0 Å². The van der Waals surface area contributed by atoms with Crippen LogP contribution < -0.4 is 25.6 Å². The van der Waals surface area contributed by atoms with Crippen molar-refractivity contribution in [1.82, 2.24) is 5.32 Å². The van der Waals surface area contributed by atoms with Gasteiger partial charge < -0.3 is 30.3 Å². The van der Waals surface area contributed by atoms with Gasteiger partial charge in [0.1, 0.15) is 17.7 Å². The van der Waals surface area contributed by atoms with Gasteiger partial charge in [-0.05, 0) is 86.9 Å². The Balaban J connectivity index is 1.28. The third-order valence-corrected chi connectivity index (χ3v) is 6.72. The van der Waals surface area contributed by atoms with Crippen LogP contribution in [0.5, 0.6) is 5.75 Å². The third kappa shape index (κ3) is 6.58. The molecule has 3 aromatic rings. The summed E-state index contributed by atoms with van der Waals surface area (Å²) in [4.78, 5) is 15.2. The summed E-state index contributed by atoms with van der Waals surface area (Å²) < 4.78 is 25.9. The predicted molar refractivity (Wildman–Crippen MR) is 145 cm³/mol. The van der Waals surface area contributed by atoms with Gasteiger partial charge in [-0.1, -0.05) is 12.1 Å². The van der Waals surface area contributed by atoms with Gasteiger partial charge >= 0.3 is 0 Å². The number of aryl methyl sites for hydroxylation is 1. The molecule has 0 atom stereocenters. The highest BCUT2D eigenvalue weighted by atomic mass is 19.1. The standard InChI is InChI=1S/C29H33FN4O3/c1-20-5-6-23(32-24-16-22(30)17-25(18-24)34-11-13-36-14-12-34)19-28(20)33-29(35)21-3-2-4-27(15-21)37-26-7-9-31-10-8-26/h2-6,15-19,26,31-32H,7-14H2,1H3,(H,33,35). The lowest BCUT2D eigenvalue weighted by atomic mass is 10.1. The molecule has 2 aliphatic rings. The molecule has 3 aromatic carbocycles. The Morgan fingerprint density at radius 2 is 1.84 bits per heavy atom. The van der Waals surface area contributed by atoms with Gasteiger partial charge in [-0.25, -0.2) is 4.39 Å². The van der Waals surface area contributed by atoms with E-state index in [1.165, 1.54) is 6.07 Å². The van der Waals surface area contributed by atoms with Crippen LogP contribution in [0.15, 0.2) is 60.7 Å². The van der Waals surface area contributed by atoms with Crippen molar-refractivity contribution >= 4 is 28.7 Å². The second kappa shape index (κ2) is 11.6. The SMILES string of the molecule is Cc1ccc(Nc2cc(F)cc(N3CCOCC3)c2)cc1NC(=O)c1cccc(OC2CCNCC2)c1. The topological polar surface area (TPSA) is 74.9 Å². The lowest BCUT2D eigenvalue weighted by molar-refractivity contribution is 0.102. The fourth-order valence-electron chi connectivity index (χ4n) is 4.66. The van der Waals surface area contributed by atoms with Crippen molar-refractivity contribution in [1.29, 1.82) is 0 Å². The molecule has 0 saturated carbocycles. The van der Waals surface area contributed by atoms with E-state index >= 15 is 0 Å². The van der Waals surface area contributed by atoms with E-state index in [1.54, 1.807) is 18.2 Å². The molecule has 2 heterocycles. The second-order valence-corrected chi connectivity index (χ2v) is 9.50. The van der Waals surface area contributed by atoms with Gasteiger partial charge in [0.25, 0.3) is 5.91 Å². The van der Waals surface area contributed by atoms with Crippen molar-refractivity contribution in [3.63, 3.8) is 0 Å². The molecule has 0 unspecified atom stereocenters. The van der Waals surface area contributed by atoms with Crippen LogP contribution >= 0.6 is 0 Å². The highest BCUT2D eigenvalue weighted by molar-refractivity contribution is 6.05. The number of carbonyl (C=O) groups excluding carboxylic acids is 1. The zero-order chi connectivity index (χ0) is 25.6. The normalized spacial score (nSPS) is 16.3. The second-order valence-electron chi connectivity index (χ2n) is 9.50. The molecule has 2 saturated heterocycles. The smallest absolute Gasteiger partial charge is 0.255 e. The van der Waals surface area contributed by atoms with Gasteiger partial charge in [0, 0.05) is 41.4 Å². The molecule has 2 aliphatic heterocycles. The summed E-state index contributed by atoms with van der Waals surface area (Å²) >= 11 is 0. The summed E-state index contributed by atoms with van der Waals surface area (Å²) in [7, 11) is 0. The fourth-order valence-corrected chi connectivity index (χ4v) is 4.66. The number of nitrogens with one attached hydrogen (secondary N) is 3. The fraction of sp³-hybridized carbons (Fsp3) is 0.345. The summed E-state index contributed by atoms with van der Waals surface area (Å²) in [5.74, 6) is 0.184. The maximum Gasteiger partial charge on any atom is 0.255 e. The summed E-state index contributed by atoms with van der Waals surface area (Å²) in [5, 5.41) is 9.63. The van der Waals surface area contributed by atoms with Crippen LogP contribution in [0, 0.1) is 12.7 Å². The Kier molecular flexibility index (Phi) is 7.87. The van der Waals surface area contributed by atoms with Crippen LogP contribution in [0.1, 0.15) is 28.8 Å². The molecule has 3 N–H and O–H groups in total. The van der Waals surface area contributed by atoms with E-state index in [4.69, 9.17) is 9.47 Å². The van der Waals surface area contributed by atoms with Gasteiger partial charge in [-0.2, -0.15) is 0 Å². The zero-order valence-electron chi connectivity index (χ0n) is 21.1. The first-order valence-corrected chi connectivity index (χ1v) is 12.8. The van der Waals surface area contributed by atoms with E-state index in [2.05, 4.69) is 20.9 Å². The van der Waals surface area contributed by atoms with Crippen LogP contribution in [0.25, 0.3) is 0 Å². The number of halogens is 1. The molecule has 7 nitrogen and oxygen atoms in total. The lowest BCUT2D eigenvalue weighted by Gasteiger charge is -2.29. The first-order valence-electron chi connectivity index (χ1n) is 12.8. The quantitative estimate of drug-likeness (QED) is 0.416. The molecular formula is C29H33FN4O3. The highest BCUT2D eigenvalue weighted by Crippen LogP contribution is 2.28. The van der Waals surface area contributed by atoms with Gasteiger partial charge in [-0.3, -0.25) is 4.79 Å². The van der Waals surface area contributed by atoms with E-state index in [9.17, 15) is 9.18 Å². The van der Waals surface area contributed by atoms with Gasteiger partial charge in [-0.15, -0.1) is 0 Å². The molecule has 8 heteroatoms. The third-order valence-electron chi connectivity index (χ3n) is 6.72. The number of morpholine rings is 1. The number of piperidine rings is 1.